The van der Waals surface area contributed by atoms with Gasteiger partial charge in [-0.15, -0.1) is 11.3 Å². The number of nitrogens with two attached hydrogens (primary N) is 1. The average Bonchev–Trinajstić information content (AvgIpc) is 2.99. The molecule has 0 spiro atoms. The normalized spacial score (nSPS) is 17.5. The molecule has 5 nitrogen and oxygen atoms in total. The highest BCUT2D eigenvalue weighted by Crippen LogP contribution is 2.44. The standard InChI is InChI=1S/C20H20N2O3S2/c1-12-6-9-16-17(10-12)26-20(18(16)19(21)23)22(27(24)25)15-8-7-13-4-2-3-5-14(13)11-15/h2-5,7-8,11-12H,6,9-10H2,1H3,(H2,21,23)(H,24,25)/p-1. The number of hydrogen-bond acceptors (Lipinski definition) is 4. The van der Waals surface area contributed by atoms with Gasteiger partial charge in [-0.3, -0.25) is 13.3 Å². The number of benzene rings is 2. The van der Waals surface area contributed by atoms with Gasteiger partial charge in [0.05, 0.1) is 22.5 Å². The number of rotatable bonds is 4. The summed E-state index contributed by atoms with van der Waals surface area (Å²) in [6.07, 6.45) is 2.57. The van der Waals surface area contributed by atoms with Gasteiger partial charge >= 0.3 is 0 Å². The molecule has 0 radical (unpaired) electrons. The second-order valence-electron chi connectivity index (χ2n) is 6.94. The van der Waals surface area contributed by atoms with E-state index >= 15 is 0 Å². The molecule has 0 saturated carbocycles. The molecule has 1 aromatic heterocycles. The smallest absolute Gasteiger partial charge is 0.252 e. The number of carbonyl (C=O) groups is 1. The molecule has 140 valence electrons. The molecule has 2 unspecified atom stereocenters. The van der Waals surface area contributed by atoms with Crippen LogP contribution in [0.4, 0.5) is 10.7 Å². The molecule has 0 bridgehead atoms. The van der Waals surface area contributed by atoms with Gasteiger partial charge < -0.3 is 10.3 Å². The van der Waals surface area contributed by atoms with Crippen LogP contribution in [0.1, 0.15) is 34.1 Å². The van der Waals surface area contributed by atoms with E-state index in [1.54, 1.807) is 6.07 Å². The third kappa shape index (κ3) is 3.26. The highest BCUT2D eigenvalue weighted by atomic mass is 32.2. The van der Waals surface area contributed by atoms with Crippen LogP contribution in [0.15, 0.2) is 42.5 Å². The quantitative estimate of drug-likeness (QED) is 0.671. The van der Waals surface area contributed by atoms with E-state index in [9.17, 15) is 13.6 Å². The van der Waals surface area contributed by atoms with Crippen LogP contribution in [0.3, 0.4) is 0 Å². The van der Waals surface area contributed by atoms with E-state index in [-0.39, 0.29) is 0 Å². The van der Waals surface area contributed by atoms with Crippen LogP contribution in [-0.2, 0) is 24.1 Å². The van der Waals surface area contributed by atoms with Gasteiger partial charge in [0.15, 0.2) is 0 Å². The van der Waals surface area contributed by atoms with Crippen LogP contribution in [0.2, 0.25) is 0 Å². The zero-order valence-corrected chi connectivity index (χ0v) is 16.4. The van der Waals surface area contributed by atoms with Crippen LogP contribution in [-0.4, -0.2) is 14.7 Å². The molecule has 0 saturated heterocycles. The summed E-state index contributed by atoms with van der Waals surface area (Å²) in [5.74, 6) is -0.0649. The van der Waals surface area contributed by atoms with Crippen molar-refractivity contribution >= 4 is 50.0 Å². The molecule has 0 fully saturated rings. The first kappa shape index (κ1) is 18.2. The van der Waals surface area contributed by atoms with Gasteiger partial charge in [-0.25, -0.2) is 0 Å². The minimum Gasteiger partial charge on any atom is -0.755 e. The lowest BCUT2D eigenvalue weighted by Gasteiger charge is -2.26. The van der Waals surface area contributed by atoms with Crippen molar-refractivity contribution in [2.75, 3.05) is 4.31 Å². The van der Waals surface area contributed by atoms with E-state index in [1.165, 1.54) is 15.6 Å². The first-order chi connectivity index (χ1) is 13.0. The summed E-state index contributed by atoms with van der Waals surface area (Å²) in [4.78, 5) is 13.3. The predicted octanol–water partition coefficient (Wildman–Crippen LogP) is 4.06. The Kier molecular flexibility index (Phi) is 4.75. The number of hydrogen-bond donors (Lipinski definition) is 1. The number of anilines is 2. The number of amides is 1. The minimum absolute atomic E-state index is 0.347. The van der Waals surface area contributed by atoms with Gasteiger partial charge in [-0.2, -0.15) is 0 Å². The van der Waals surface area contributed by atoms with E-state index in [4.69, 9.17) is 5.73 Å². The molecular formula is C20H19N2O3S2-. The van der Waals surface area contributed by atoms with Gasteiger partial charge in [0.25, 0.3) is 5.91 Å². The summed E-state index contributed by atoms with van der Waals surface area (Å²) in [6, 6.07) is 13.2. The summed E-state index contributed by atoms with van der Waals surface area (Å²) >= 11 is -1.21. The third-order valence-electron chi connectivity index (χ3n) is 5.04. The number of carbonyl (C=O) groups excluding carboxylic acids is 1. The Labute approximate surface area is 164 Å². The average molecular weight is 400 g/mol. The van der Waals surface area contributed by atoms with Gasteiger partial charge in [-0.1, -0.05) is 37.3 Å². The molecule has 2 N–H and O–H groups in total. The van der Waals surface area contributed by atoms with Crippen molar-refractivity contribution in [2.45, 2.75) is 26.2 Å². The Hall–Kier alpha value is -2.22. The van der Waals surface area contributed by atoms with Crippen LogP contribution < -0.4 is 10.0 Å². The molecule has 27 heavy (non-hydrogen) atoms. The monoisotopic (exact) mass is 399 g/mol. The lowest BCUT2D eigenvalue weighted by Crippen LogP contribution is -2.23. The summed E-state index contributed by atoms with van der Waals surface area (Å²) in [6.45, 7) is 2.17. The molecule has 1 aliphatic carbocycles. The summed E-state index contributed by atoms with van der Waals surface area (Å²) < 4.78 is 25.5. The van der Waals surface area contributed by atoms with Crippen molar-refractivity contribution in [1.29, 1.82) is 0 Å². The van der Waals surface area contributed by atoms with Gasteiger partial charge in [0, 0.05) is 4.88 Å². The molecular weight excluding hydrogens is 380 g/mol. The van der Waals surface area contributed by atoms with Crippen molar-refractivity contribution < 1.29 is 13.6 Å². The van der Waals surface area contributed by atoms with Crippen molar-refractivity contribution in [3.63, 3.8) is 0 Å². The van der Waals surface area contributed by atoms with E-state index in [0.717, 1.165) is 40.5 Å². The van der Waals surface area contributed by atoms with Gasteiger partial charge in [0.2, 0.25) is 0 Å². The zero-order valence-electron chi connectivity index (χ0n) is 14.8. The maximum Gasteiger partial charge on any atom is 0.252 e. The summed E-state index contributed by atoms with van der Waals surface area (Å²) in [7, 11) is 0. The van der Waals surface area contributed by atoms with Gasteiger partial charge in [0.1, 0.15) is 5.00 Å². The third-order valence-corrected chi connectivity index (χ3v) is 7.09. The zero-order chi connectivity index (χ0) is 19.1. The number of nitrogens with zero attached hydrogens (tertiary/aromatic N) is 1. The Morgan fingerprint density at radius 1 is 1.26 bits per heavy atom. The highest BCUT2D eigenvalue weighted by molar-refractivity contribution is 7.81. The fraction of sp³-hybridized carbons (Fsp3) is 0.250. The minimum atomic E-state index is -2.58. The van der Waals surface area contributed by atoms with E-state index in [1.807, 2.05) is 36.4 Å². The fourth-order valence-corrected chi connectivity index (χ4v) is 5.96. The second kappa shape index (κ2) is 7.07. The van der Waals surface area contributed by atoms with Crippen molar-refractivity contribution in [1.82, 2.24) is 0 Å². The topological polar surface area (TPSA) is 86.5 Å². The largest absolute Gasteiger partial charge is 0.755 e. The molecule has 1 aliphatic rings. The molecule has 2 atom stereocenters. The summed E-state index contributed by atoms with van der Waals surface area (Å²) in [5.41, 5.74) is 7.42. The molecule has 4 rings (SSSR count). The second-order valence-corrected chi connectivity index (χ2v) is 8.82. The van der Waals surface area contributed by atoms with Crippen LogP contribution in [0, 0.1) is 5.92 Å². The number of thiophene rings is 1. The molecule has 0 aliphatic heterocycles. The highest BCUT2D eigenvalue weighted by Gasteiger charge is 2.30. The van der Waals surface area contributed by atoms with Gasteiger partial charge in [-0.05, 0) is 53.6 Å². The van der Waals surface area contributed by atoms with Crippen molar-refractivity contribution in [3.8, 4) is 0 Å². The van der Waals surface area contributed by atoms with Crippen LogP contribution >= 0.6 is 11.3 Å². The molecule has 2 aromatic carbocycles. The predicted molar refractivity (Wildman–Crippen MR) is 109 cm³/mol. The van der Waals surface area contributed by atoms with Crippen LogP contribution in [0.5, 0.6) is 0 Å². The lowest BCUT2D eigenvalue weighted by molar-refractivity contribution is 0.1000. The molecule has 3 aromatic rings. The number of fused-ring (bicyclic) bond motifs is 2. The summed E-state index contributed by atoms with van der Waals surface area (Å²) in [5, 5.41) is 2.35. The molecule has 7 heteroatoms. The molecule has 1 amide bonds. The fourth-order valence-electron chi connectivity index (χ4n) is 3.71. The Bertz CT molecular complexity index is 1060. The van der Waals surface area contributed by atoms with Crippen molar-refractivity contribution in [2.24, 2.45) is 11.7 Å². The van der Waals surface area contributed by atoms with Crippen LogP contribution in [0.25, 0.3) is 10.8 Å². The Balaban J connectivity index is 1.89. The SMILES string of the molecule is CC1CCc2c(sc(N(c3ccc4ccccc4c3)S(=O)[O-])c2C(N)=O)C1. The molecule has 1 heterocycles. The van der Waals surface area contributed by atoms with E-state index in [0.29, 0.717) is 22.2 Å². The Morgan fingerprint density at radius 2 is 2.00 bits per heavy atom. The first-order valence-electron chi connectivity index (χ1n) is 8.78. The number of primary amides is 1. The maximum atomic E-state index is 12.2. The lowest BCUT2D eigenvalue weighted by atomic mass is 9.88. The first-order valence-corrected chi connectivity index (χ1v) is 10.6. The van der Waals surface area contributed by atoms with E-state index < -0.39 is 17.2 Å². The maximum absolute atomic E-state index is 12.2. The van der Waals surface area contributed by atoms with E-state index in [2.05, 4.69) is 6.92 Å². The van der Waals surface area contributed by atoms with Crippen molar-refractivity contribution in [3.05, 3.63) is 58.5 Å². The Morgan fingerprint density at radius 3 is 2.70 bits per heavy atom.